The molecule has 1 atom stereocenters. The van der Waals surface area contributed by atoms with Crippen LogP contribution < -0.4 is 0 Å². The summed E-state index contributed by atoms with van der Waals surface area (Å²) in [5.74, 6) is 0. The first kappa shape index (κ1) is 21.0. The average molecular weight is 315 g/mol. The van der Waals surface area contributed by atoms with E-state index < -0.39 is 0 Å². The summed E-state index contributed by atoms with van der Waals surface area (Å²) in [6.45, 7) is 4.51. The van der Waals surface area contributed by atoms with Gasteiger partial charge in [-0.2, -0.15) is 0 Å². The molecule has 1 unspecified atom stereocenters. The summed E-state index contributed by atoms with van der Waals surface area (Å²) in [5.41, 5.74) is 0. The van der Waals surface area contributed by atoms with Gasteiger partial charge in [0.25, 0.3) is 0 Å². The number of alkyl halides is 1. The van der Waals surface area contributed by atoms with Crippen LogP contribution in [0.1, 0.15) is 110 Å². The standard InChI is InChI=1S/C20H39Cl/c1-3-5-7-8-9-10-11-12-13-14-15-16-17-19-20(21)18-6-4-2/h17,19-20H,3-16,18H2,1-2H3. The summed E-state index contributed by atoms with van der Waals surface area (Å²) in [6, 6.07) is 0. The van der Waals surface area contributed by atoms with Gasteiger partial charge in [0.2, 0.25) is 0 Å². The molecule has 0 aliphatic rings. The first-order valence-corrected chi connectivity index (χ1v) is 10.1. The highest BCUT2D eigenvalue weighted by Crippen LogP contribution is 2.13. The number of rotatable bonds is 16. The lowest BCUT2D eigenvalue weighted by atomic mass is 10.1. The summed E-state index contributed by atoms with van der Waals surface area (Å²) in [6.07, 6.45) is 25.0. The van der Waals surface area contributed by atoms with Crippen LogP contribution in [0.2, 0.25) is 0 Å². The molecule has 0 N–H and O–H groups in total. The molecule has 0 aromatic carbocycles. The summed E-state index contributed by atoms with van der Waals surface area (Å²) >= 11 is 6.22. The molecule has 0 saturated heterocycles. The van der Waals surface area contributed by atoms with Gasteiger partial charge < -0.3 is 0 Å². The second-order valence-corrected chi connectivity index (χ2v) is 6.97. The SMILES string of the molecule is CCCCCCCCCCCCCC=CC(Cl)CCCC. The number of hydrogen-bond acceptors (Lipinski definition) is 0. The number of halogens is 1. The van der Waals surface area contributed by atoms with Gasteiger partial charge in [0.15, 0.2) is 0 Å². The lowest BCUT2D eigenvalue weighted by molar-refractivity contribution is 0.550. The first-order valence-electron chi connectivity index (χ1n) is 9.62. The van der Waals surface area contributed by atoms with E-state index in [1.54, 1.807) is 0 Å². The number of unbranched alkanes of at least 4 members (excludes halogenated alkanes) is 12. The van der Waals surface area contributed by atoms with E-state index in [4.69, 9.17) is 11.6 Å². The van der Waals surface area contributed by atoms with E-state index in [9.17, 15) is 0 Å². The average Bonchev–Trinajstić information content (AvgIpc) is 2.49. The number of allylic oxidation sites excluding steroid dienone is 2. The van der Waals surface area contributed by atoms with Crippen molar-refractivity contribution in [2.45, 2.75) is 116 Å². The van der Waals surface area contributed by atoms with E-state index in [1.165, 1.54) is 89.9 Å². The van der Waals surface area contributed by atoms with Crippen LogP contribution in [-0.2, 0) is 0 Å². The molecule has 0 nitrogen and oxygen atoms in total. The summed E-state index contributed by atoms with van der Waals surface area (Å²) < 4.78 is 0. The lowest BCUT2D eigenvalue weighted by Crippen LogP contribution is -1.92. The zero-order valence-corrected chi connectivity index (χ0v) is 15.5. The maximum Gasteiger partial charge on any atom is 0.0516 e. The molecule has 0 spiro atoms. The van der Waals surface area contributed by atoms with Crippen molar-refractivity contribution in [2.75, 3.05) is 0 Å². The molecule has 0 aromatic heterocycles. The van der Waals surface area contributed by atoms with E-state index in [1.807, 2.05) is 0 Å². The molecule has 0 saturated carbocycles. The van der Waals surface area contributed by atoms with Crippen LogP contribution in [-0.4, -0.2) is 5.38 Å². The van der Waals surface area contributed by atoms with Gasteiger partial charge in [-0.05, 0) is 19.3 Å². The van der Waals surface area contributed by atoms with Crippen molar-refractivity contribution in [1.82, 2.24) is 0 Å². The van der Waals surface area contributed by atoms with Gasteiger partial charge in [-0.1, -0.05) is 103 Å². The molecule has 0 aliphatic heterocycles. The second kappa shape index (κ2) is 18.1. The van der Waals surface area contributed by atoms with Crippen LogP contribution in [0, 0.1) is 0 Å². The molecule has 0 heterocycles. The highest BCUT2D eigenvalue weighted by molar-refractivity contribution is 6.21. The molecule has 0 radical (unpaired) electrons. The Labute approximate surface area is 139 Å². The zero-order valence-electron chi connectivity index (χ0n) is 14.7. The summed E-state index contributed by atoms with van der Waals surface area (Å²) in [4.78, 5) is 0. The Morgan fingerprint density at radius 3 is 1.67 bits per heavy atom. The van der Waals surface area contributed by atoms with E-state index >= 15 is 0 Å². The van der Waals surface area contributed by atoms with Gasteiger partial charge in [0.05, 0.1) is 5.38 Å². The van der Waals surface area contributed by atoms with Crippen LogP contribution in [0.25, 0.3) is 0 Å². The summed E-state index contributed by atoms with van der Waals surface area (Å²) in [7, 11) is 0. The van der Waals surface area contributed by atoms with E-state index in [-0.39, 0.29) is 5.38 Å². The molecule has 0 amide bonds. The van der Waals surface area contributed by atoms with Gasteiger partial charge in [-0.25, -0.2) is 0 Å². The minimum absolute atomic E-state index is 0.262. The molecule has 0 fully saturated rings. The Balaban J connectivity index is 3.13. The molecule has 0 aliphatic carbocycles. The van der Waals surface area contributed by atoms with Crippen LogP contribution >= 0.6 is 11.6 Å². The predicted octanol–water partition coefficient (Wildman–Crippen LogP) is 8.04. The minimum Gasteiger partial charge on any atom is -0.118 e. The van der Waals surface area contributed by atoms with E-state index in [0.717, 1.165) is 6.42 Å². The van der Waals surface area contributed by atoms with Gasteiger partial charge >= 0.3 is 0 Å². The quantitative estimate of drug-likeness (QED) is 0.153. The fourth-order valence-corrected chi connectivity index (χ4v) is 2.92. The fraction of sp³-hybridized carbons (Fsp3) is 0.900. The normalized spacial score (nSPS) is 13.1. The Hall–Kier alpha value is 0.0300. The highest BCUT2D eigenvalue weighted by atomic mass is 35.5. The van der Waals surface area contributed by atoms with Crippen molar-refractivity contribution < 1.29 is 0 Å². The Kier molecular flexibility index (Phi) is 18.1. The van der Waals surface area contributed by atoms with Gasteiger partial charge in [0.1, 0.15) is 0 Å². The summed E-state index contributed by atoms with van der Waals surface area (Å²) in [5, 5.41) is 0.262. The van der Waals surface area contributed by atoms with E-state index in [0.29, 0.717) is 0 Å². The Morgan fingerprint density at radius 2 is 1.14 bits per heavy atom. The van der Waals surface area contributed by atoms with Gasteiger partial charge in [0, 0.05) is 0 Å². The first-order chi connectivity index (χ1) is 10.3. The van der Waals surface area contributed by atoms with Crippen molar-refractivity contribution >= 4 is 11.6 Å². The van der Waals surface area contributed by atoms with Gasteiger partial charge in [-0.3, -0.25) is 0 Å². The van der Waals surface area contributed by atoms with Crippen molar-refractivity contribution in [3.05, 3.63) is 12.2 Å². The molecule has 0 rings (SSSR count). The van der Waals surface area contributed by atoms with Crippen molar-refractivity contribution in [2.24, 2.45) is 0 Å². The second-order valence-electron chi connectivity index (χ2n) is 6.41. The maximum absolute atomic E-state index is 6.22. The Bertz CT molecular complexity index is 210. The molecule has 21 heavy (non-hydrogen) atoms. The molecule has 0 aromatic rings. The predicted molar refractivity (Wildman–Crippen MR) is 99.4 cm³/mol. The smallest absolute Gasteiger partial charge is 0.0516 e. The van der Waals surface area contributed by atoms with Crippen LogP contribution in [0.5, 0.6) is 0 Å². The highest BCUT2D eigenvalue weighted by Gasteiger charge is 1.97. The topological polar surface area (TPSA) is 0 Å². The van der Waals surface area contributed by atoms with E-state index in [2.05, 4.69) is 26.0 Å². The third kappa shape index (κ3) is 18.0. The molecule has 1 heteroatoms. The van der Waals surface area contributed by atoms with Crippen LogP contribution in [0.15, 0.2) is 12.2 Å². The molecular formula is C20H39Cl. The molecule has 0 bridgehead atoms. The minimum atomic E-state index is 0.262. The maximum atomic E-state index is 6.22. The third-order valence-corrected chi connectivity index (χ3v) is 4.52. The Morgan fingerprint density at radius 1 is 0.667 bits per heavy atom. The largest absolute Gasteiger partial charge is 0.118 e. The monoisotopic (exact) mass is 314 g/mol. The van der Waals surface area contributed by atoms with Crippen molar-refractivity contribution in [1.29, 1.82) is 0 Å². The zero-order chi connectivity index (χ0) is 15.6. The third-order valence-electron chi connectivity index (χ3n) is 4.15. The number of hydrogen-bond donors (Lipinski definition) is 0. The van der Waals surface area contributed by atoms with Crippen molar-refractivity contribution in [3.8, 4) is 0 Å². The van der Waals surface area contributed by atoms with Crippen molar-refractivity contribution in [3.63, 3.8) is 0 Å². The van der Waals surface area contributed by atoms with Crippen LogP contribution in [0.4, 0.5) is 0 Å². The van der Waals surface area contributed by atoms with Gasteiger partial charge in [-0.15, -0.1) is 11.6 Å². The molecule has 126 valence electrons. The van der Waals surface area contributed by atoms with Crippen LogP contribution in [0.3, 0.4) is 0 Å². The fourth-order valence-electron chi connectivity index (χ4n) is 2.67. The lowest BCUT2D eigenvalue weighted by Gasteiger charge is -2.03. The molecular weight excluding hydrogens is 276 g/mol.